The van der Waals surface area contributed by atoms with E-state index >= 15 is 0 Å². The van der Waals surface area contributed by atoms with Crippen LogP contribution in [0.3, 0.4) is 0 Å². The van der Waals surface area contributed by atoms with Gasteiger partial charge in [0, 0.05) is 6.20 Å². The number of anilines is 1. The van der Waals surface area contributed by atoms with Crippen LogP contribution in [0.15, 0.2) is 18.5 Å². The molecule has 3 rings (SSSR count). The lowest BCUT2D eigenvalue weighted by molar-refractivity contribution is -0.120. The van der Waals surface area contributed by atoms with E-state index in [9.17, 15) is 4.79 Å². The summed E-state index contributed by atoms with van der Waals surface area (Å²) in [6, 6.07) is 1.98. The van der Waals surface area contributed by atoms with Crippen molar-refractivity contribution in [1.29, 1.82) is 0 Å². The monoisotopic (exact) mass is 188 g/mol. The molecule has 1 aromatic rings. The summed E-state index contributed by atoms with van der Waals surface area (Å²) in [5.41, 5.74) is 1.87. The number of rotatable bonds is 0. The van der Waals surface area contributed by atoms with Gasteiger partial charge in [-0.2, -0.15) is 0 Å². The third-order valence-corrected chi connectivity index (χ3v) is 3.48. The van der Waals surface area contributed by atoms with E-state index in [0.29, 0.717) is 0 Å². The smallest absolute Gasteiger partial charge is 0.235 e. The molecule has 3 nitrogen and oxygen atoms in total. The maximum Gasteiger partial charge on any atom is 0.235 e. The highest BCUT2D eigenvalue weighted by Crippen LogP contribution is 2.48. The molecule has 3 heteroatoms. The van der Waals surface area contributed by atoms with Gasteiger partial charge in [-0.05, 0) is 24.5 Å². The van der Waals surface area contributed by atoms with Crippen LogP contribution in [0.2, 0.25) is 0 Å². The molecule has 0 unspecified atom stereocenters. The topological polar surface area (TPSA) is 42.0 Å². The highest BCUT2D eigenvalue weighted by Gasteiger charge is 2.48. The number of pyridine rings is 1. The zero-order valence-corrected chi connectivity index (χ0v) is 7.92. The Morgan fingerprint density at radius 3 is 2.93 bits per heavy atom. The minimum absolute atomic E-state index is 0.179. The molecular weight excluding hydrogens is 176 g/mol. The largest absolute Gasteiger partial charge is 0.324 e. The normalized spacial score (nSPS) is 22.4. The minimum atomic E-state index is -0.210. The van der Waals surface area contributed by atoms with Crippen molar-refractivity contribution in [3.8, 4) is 0 Å². The lowest BCUT2D eigenvalue weighted by Crippen LogP contribution is -2.30. The lowest BCUT2D eigenvalue weighted by Gasteiger charge is -2.19. The fourth-order valence-electron chi connectivity index (χ4n) is 2.75. The first kappa shape index (κ1) is 7.97. The summed E-state index contributed by atoms with van der Waals surface area (Å²) in [5, 5.41) is 2.93. The summed E-state index contributed by atoms with van der Waals surface area (Å²) in [7, 11) is 0. The molecule has 1 fully saturated rings. The predicted molar refractivity (Wildman–Crippen MR) is 53.0 cm³/mol. The molecular formula is C11H12N2O. The summed E-state index contributed by atoms with van der Waals surface area (Å²) in [5.74, 6) is 0.179. The van der Waals surface area contributed by atoms with Crippen molar-refractivity contribution in [3.05, 3.63) is 24.0 Å². The van der Waals surface area contributed by atoms with E-state index < -0.39 is 0 Å². The van der Waals surface area contributed by atoms with Gasteiger partial charge in [0.15, 0.2) is 0 Å². The van der Waals surface area contributed by atoms with Gasteiger partial charge in [0.2, 0.25) is 5.91 Å². The molecule has 1 aromatic heterocycles. The van der Waals surface area contributed by atoms with Crippen molar-refractivity contribution in [2.75, 3.05) is 5.32 Å². The first-order valence-corrected chi connectivity index (χ1v) is 5.09. The zero-order valence-electron chi connectivity index (χ0n) is 7.92. The van der Waals surface area contributed by atoms with Crippen LogP contribution in [0.1, 0.15) is 31.2 Å². The molecule has 1 N–H and O–H groups in total. The van der Waals surface area contributed by atoms with Crippen molar-refractivity contribution in [1.82, 2.24) is 4.98 Å². The Bertz CT molecular complexity index is 394. The fourth-order valence-corrected chi connectivity index (χ4v) is 2.75. The Morgan fingerprint density at radius 2 is 2.14 bits per heavy atom. The average molecular weight is 188 g/mol. The van der Waals surface area contributed by atoms with Gasteiger partial charge < -0.3 is 5.32 Å². The fraction of sp³-hybridized carbons (Fsp3) is 0.455. The Balaban J connectivity index is 2.18. The van der Waals surface area contributed by atoms with Gasteiger partial charge in [0.25, 0.3) is 0 Å². The third-order valence-electron chi connectivity index (χ3n) is 3.48. The summed E-state index contributed by atoms with van der Waals surface area (Å²) in [6.07, 6.45) is 7.84. The molecule has 0 atom stereocenters. The molecule has 0 bridgehead atoms. The first-order valence-electron chi connectivity index (χ1n) is 5.09. The molecule has 1 aliphatic carbocycles. The summed E-state index contributed by atoms with van der Waals surface area (Å²) >= 11 is 0. The van der Waals surface area contributed by atoms with Crippen LogP contribution in [0.25, 0.3) is 0 Å². The molecule has 1 amide bonds. The lowest BCUT2D eigenvalue weighted by atomic mass is 9.81. The maximum absolute atomic E-state index is 11.9. The second-order valence-corrected chi connectivity index (χ2v) is 4.16. The van der Waals surface area contributed by atoms with Crippen molar-refractivity contribution in [2.24, 2.45) is 0 Å². The second kappa shape index (κ2) is 2.56. The van der Waals surface area contributed by atoms with Gasteiger partial charge in [-0.3, -0.25) is 9.78 Å². The van der Waals surface area contributed by atoms with E-state index in [4.69, 9.17) is 0 Å². The van der Waals surface area contributed by atoms with Gasteiger partial charge in [-0.15, -0.1) is 0 Å². The van der Waals surface area contributed by atoms with Crippen molar-refractivity contribution in [2.45, 2.75) is 31.1 Å². The van der Waals surface area contributed by atoms with Gasteiger partial charge in [0.1, 0.15) is 0 Å². The number of hydrogen-bond acceptors (Lipinski definition) is 2. The van der Waals surface area contributed by atoms with E-state index in [-0.39, 0.29) is 11.3 Å². The van der Waals surface area contributed by atoms with Gasteiger partial charge >= 0.3 is 0 Å². The Morgan fingerprint density at radius 1 is 1.36 bits per heavy atom. The number of fused-ring (bicyclic) bond motifs is 2. The van der Waals surface area contributed by atoms with Crippen LogP contribution < -0.4 is 5.32 Å². The zero-order chi connectivity index (χ0) is 9.60. The van der Waals surface area contributed by atoms with Crippen LogP contribution >= 0.6 is 0 Å². The van der Waals surface area contributed by atoms with E-state index in [2.05, 4.69) is 10.3 Å². The number of nitrogens with one attached hydrogen (secondary N) is 1. The van der Waals surface area contributed by atoms with Crippen LogP contribution in [0, 0.1) is 0 Å². The summed E-state index contributed by atoms with van der Waals surface area (Å²) < 4.78 is 0. The van der Waals surface area contributed by atoms with Gasteiger partial charge in [0.05, 0.1) is 17.3 Å². The van der Waals surface area contributed by atoms with Crippen LogP contribution in [0.4, 0.5) is 5.69 Å². The predicted octanol–water partition coefficient (Wildman–Crippen LogP) is 1.85. The molecule has 2 aliphatic rings. The maximum atomic E-state index is 11.9. The number of nitrogens with zero attached hydrogens (tertiary/aromatic N) is 1. The number of hydrogen-bond donors (Lipinski definition) is 1. The van der Waals surface area contributed by atoms with E-state index in [1.807, 2.05) is 6.07 Å². The van der Waals surface area contributed by atoms with E-state index in [1.165, 1.54) is 0 Å². The SMILES string of the molecule is O=C1Nc2cnccc2C12CCCC2. The summed E-state index contributed by atoms with van der Waals surface area (Å²) in [4.78, 5) is 15.9. The van der Waals surface area contributed by atoms with Gasteiger partial charge in [-0.1, -0.05) is 12.8 Å². The van der Waals surface area contributed by atoms with Crippen molar-refractivity contribution >= 4 is 11.6 Å². The molecule has 1 aliphatic heterocycles. The number of carbonyl (C=O) groups is 1. The Kier molecular flexibility index (Phi) is 1.46. The van der Waals surface area contributed by atoms with Crippen molar-refractivity contribution in [3.63, 3.8) is 0 Å². The second-order valence-electron chi connectivity index (χ2n) is 4.16. The van der Waals surface area contributed by atoms with Crippen molar-refractivity contribution < 1.29 is 4.79 Å². The number of aromatic nitrogens is 1. The van der Waals surface area contributed by atoms with E-state index in [0.717, 1.165) is 36.9 Å². The molecule has 2 heterocycles. The molecule has 14 heavy (non-hydrogen) atoms. The van der Waals surface area contributed by atoms with Gasteiger partial charge in [-0.25, -0.2) is 0 Å². The molecule has 0 radical (unpaired) electrons. The van der Waals surface area contributed by atoms with Crippen LogP contribution in [-0.4, -0.2) is 10.9 Å². The Labute approximate surface area is 82.5 Å². The standard InChI is InChI=1S/C11H12N2O/c14-10-11(4-1-2-5-11)8-3-6-12-7-9(8)13-10/h3,6-7H,1-2,4-5H2,(H,13,14). The number of amides is 1. The highest BCUT2D eigenvalue weighted by molar-refractivity contribution is 6.06. The minimum Gasteiger partial charge on any atom is -0.324 e. The number of carbonyl (C=O) groups excluding carboxylic acids is 1. The van der Waals surface area contributed by atoms with Crippen LogP contribution in [-0.2, 0) is 10.2 Å². The summed E-state index contributed by atoms with van der Waals surface area (Å²) in [6.45, 7) is 0. The van der Waals surface area contributed by atoms with Crippen LogP contribution in [0.5, 0.6) is 0 Å². The molecule has 0 aromatic carbocycles. The quantitative estimate of drug-likeness (QED) is 0.675. The molecule has 72 valence electrons. The molecule has 0 saturated heterocycles. The third kappa shape index (κ3) is 0.820. The molecule has 1 saturated carbocycles. The highest BCUT2D eigenvalue weighted by atomic mass is 16.2. The average Bonchev–Trinajstić information content (AvgIpc) is 2.77. The first-order chi connectivity index (χ1) is 6.83. The van der Waals surface area contributed by atoms with E-state index in [1.54, 1.807) is 12.4 Å². The molecule has 1 spiro atoms. The Hall–Kier alpha value is -1.38.